The molecule has 0 bridgehead atoms. The Balaban J connectivity index is 3.01. The Morgan fingerprint density at radius 3 is 2.43 bits per heavy atom. The Kier molecular flexibility index (Phi) is 2.93. The molecule has 0 aromatic carbocycles. The van der Waals surface area contributed by atoms with E-state index in [4.69, 9.17) is 0 Å². The lowest BCUT2D eigenvalue weighted by atomic mass is 9.53. The maximum absolute atomic E-state index is 11.4. The number of rotatable bonds is 2. The molecular formula is C12H22O2. The number of hydrogen-bond donors (Lipinski definition) is 1. The van der Waals surface area contributed by atoms with Gasteiger partial charge in [0.05, 0.1) is 5.41 Å². The lowest BCUT2D eigenvalue weighted by Crippen LogP contribution is -2.49. The highest BCUT2D eigenvalue weighted by Gasteiger charge is 2.52. The molecule has 0 aromatic heterocycles. The highest BCUT2D eigenvalue weighted by Crippen LogP contribution is 2.54. The van der Waals surface area contributed by atoms with Crippen molar-refractivity contribution in [1.29, 1.82) is 0 Å². The smallest absolute Gasteiger partial charge is 0.309 e. The van der Waals surface area contributed by atoms with Gasteiger partial charge in [0.25, 0.3) is 0 Å². The van der Waals surface area contributed by atoms with E-state index in [0.717, 1.165) is 19.3 Å². The maximum atomic E-state index is 11.4. The van der Waals surface area contributed by atoms with Crippen molar-refractivity contribution in [2.45, 2.75) is 53.4 Å². The molecule has 2 atom stereocenters. The van der Waals surface area contributed by atoms with Crippen LogP contribution in [0.4, 0.5) is 0 Å². The predicted molar refractivity (Wildman–Crippen MR) is 57.2 cm³/mol. The van der Waals surface area contributed by atoms with Gasteiger partial charge in [0.2, 0.25) is 0 Å². The first-order valence-corrected chi connectivity index (χ1v) is 5.59. The average molecular weight is 198 g/mol. The van der Waals surface area contributed by atoms with E-state index in [0.29, 0.717) is 5.92 Å². The van der Waals surface area contributed by atoms with Crippen molar-refractivity contribution >= 4 is 5.97 Å². The van der Waals surface area contributed by atoms with Gasteiger partial charge in [-0.1, -0.05) is 33.6 Å². The van der Waals surface area contributed by atoms with E-state index in [1.165, 1.54) is 6.42 Å². The topological polar surface area (TPSA) is 37.3 Å². The Labute approximate surface area is 86.7 Å². The third-order valence-corrected chi connectivity index (χ3v) is 4.64. The fourth-order valence-corrected chi connectivity index (χ4v) is 2.93. The second-order valence-corrected chi connectivity index (χ2v) is 5.36. The maximum Gasteiger partial charge on any atom is 0.309 e. The van der Waals surface area contributed by atoms with E-state index in [2.05, 4.69) is 20.8 Å². The van der Waals surface area contributed by atoms with E-state index in [1.54, 1.807) is 0 Å². The Bertz CT molecular complexity index is 232. The normalized spacial score (nSPS) is 36.7. The summed E-state index contributed by atoms with van der Waals surface area (Å²) in [5.41, 5.74) is -0.613. The molecule has 1 aliphatic rings. The molecule has 0 aliphatic heterocycles. The number of hydrogen-bond acceptors (Lipinski definition) is 1. The molecule has 2 nitrogen and oxygen atoms in total. The minimum absolute atomic E-state index is 0.0775. The third kappa shape index (κ3) is 1.45. The molecular weight excluding hydrogens is 176 g/mol. The number of carbonyl (C=O) groups is 1. The molecule has 2 unspecified atom stereocenters. The van der Waals surface area contributed by atoms with Crippen LogP contribution < -0.4 is 0 Å². The second kappa shape index (κ2) is 3.56. The second-order valence-electron chi connectivity index (χ2n) is 5.36. The fourth-order valence-electron chi connectivity index (χ4n) is 2.93. The van der Waals surface area contributed by atoms with Gasteiger partial charge in [-0.15, -0.1) is 0 Å². The third-order valence-electron chi connectivity index (χ3n) is 4.64. The largest absolute Gasteiger partial charge is 0.481 e. The van der Waals surface area contributed by atoms with Crippen molar-refractivity contribution in [3.8, 4) is 0 Å². The van der Waals surface area contributed by atoms with Gasteiger partial charge in [-0.3, -0.25) is 4.79 Å². The van der Waals surface area contributed by atoms with Crippen LogP contribution in [0.25, 0.3) is 0 Å². The summed E-state index contributed by atoms with van der Waals surface area (Å²) >= 11 is 0. The minimum Gasteiger partial charge on any atom is -0.481 e. The van der Waals surface area contributed by atoms with Crippen molar-refractivity contribution in [3.63, 3.8) is 0 Å². The zero-order valence-corrected chi connectivity index (χ0v) is 9.76. The minimum atomic E-state index is -0.624. The van der Waals surface area contributed by atoms with Crippen LogP contribution in [0, 0.1) is 16.7 Å². The molecule has 2 heteroatoms. The molecule has 1 saturated carbocycles. The average Bonchev–Trinajstić information content (AvgIpc) is 2.09. The van der Waals surface area contributed by atoms with E-state index in [1.807, 2.05) is 6.92 Å². The van der Waals surface area contributed by atoms with Gasteiger partial charge in [0, 0.05) is 0 Å². The first-order chi connectivity index (χ1) is 6.36. The van der Waals surface area contributed by atoms with Crippen LogP contribution in [0.5, 0.6) is 0 Å². The zero-order chi connectivity index (χ0) is 11.0. The van der Waals surface area contributed by atoms with Gasteiger partial charge >= 0.3 is 5.97 Å². The van der Waals surface area contributed by atoms with Crippen molar-refractivity contribution in [2.75, 3.05) is 0 Å². The number of carboxylic acid groups (broad SMARTS) is 1. The summed E-state index contributed by atoms with van der Waals surface area (Å²) in [5, 5.41) is 9.35. The van der Waals surface area contributed by atoms with Crippen LogP contribution in [-0.4, -0.2) is 11.1 Å². The number of aliphatic carboxylic acids is 1. The Morgan fingerprint density at radius 2 is 2.00 bits per heavy atom. The molecule has 0 spiro atoms. The van der Waals surface area contributed by atoms with Crippen molar-refractivity contribution in [3.05, 3.63) is 0 Å². The summed E-state index contributed by atoms with van der Waals surface area (Å²) in [6.07, 6.45) is 4.17. The molecule has 82 valence electrons. The molecule has 0 saturated heterocycles. The van der Waals surface area contributed by atoms with E-state index >= 15 is 0 Å². The summed E-state index contributed by atoms with van der Waals surface area (Å²) in [4.78, 5) is 11.4. The zero-order valence-electron chi connectivity index (χ0n) is 9.76. The molecule has 14 heavy (non-hydrogen) atoms. The molecule has 1 N–H and O–H groups in total. The van der Waals surface area contributed by atoms with Crippen molar-refractivity contribution in [1.82, 2.24) is 0 Å². The van der Waals surface area contributed by atoms with E-state index < -0.39 is 11.4 Å². The molecule has 1 fully saturated rings. The molecule has 0 amide bonds. The molecule has 0 radical (unpaired) electrons. The van der Waals surface area contributed by atoms with Crippen LogP contribution >= 0.6 is 0 Å². The molecule has 1 aliphatic carbocycles. The molecule has 0 aromatic rings. The lowest BCUT2D eigenvalue weighted by Gasteiger charge is -2.50. The fraction of sp³-hybridized carbons (Fsp3) is 0.917. The summed E-state index contributed by atoms with van der Waals surface area (Å²) in [7, 11) is 0. The van der Waals surface area contributed by atoms with Crippen LogP contribution in [0.3, 0.4) is 0 Å². The Hall–Kier alpha value is -0.530. The Morgan fingerprint density at radius 1 is 1.43 bits per heavy atom. The summed E-state index contributed by atoms with van der Waals surface area (Å²) in [6.45, 7) is 8.32. The SMILES string of the molecule is CCC1CCCC(C)(C(=O)O)C1(C)C. The van der Waals surface area contributed by atoms with Crippen molar-refractivity contribution < 1.29 is 9.90 Å². The first kappa shape index (κ1) is 11.5. The van der Waals surface area contributed by atoms with E-state index in [-0.39, 0.29) is 5.41 Å². The first-order valence-electron chi connectivity index (χ1n) is 5.59. The van der Waals surface area contributed by atoms with Gasteiger partial charge < -0.3 is 5.11 Å². The van der Waals surface area contributed by atoms with Gasteiger partial charge in [-0.05, 0) is 31.1 Å². The number of carboxylic acids is 1. The standard InChI is InChI=1S/C12H22O2/c1-5-9-7-6-8-12(4,10(13)14)11(9,2)3/h9H,5-8H2,1-4H3,(H,13,14). The van der Waals surface area contributed by atoms with Gasteiger partial charge in [0.1, 0.15) is 0 Å². The molecule has 1 rings (SSSR count). The predicted octanol–water partition coefficient (Wildman–Crippen LogP) is 3.31. The van der Waals surface area contributed by atoms with Crippen LogP contribution in [0.15, 0.2) is 0 Å². The highest BCUT2D eigenvalue weighted by molar-refractivity contribution is 5.75. The summed E-state index contributed by atoms with van der Waals surface area (Å²) in [6, 6.07) is 0. The quantitative estimate of drug-likeness (QED) is 0.739. The molecule has 0 heterocycles. The van der Waals surface area contributed by atoms with E-state index in [9.17, 15) is 9.90 Å². The summed E-state index contributed by atoms with van der Waals surface area (Å²) < 4.78 is 0. The van der Waals surface area contributed by atoms with Gasteiger partial charge in [0.15, 0.2) is 0 Å². The lowest BCUT2D eigenvalue weighted by molar-refractivity contribution is -0.163. The van der Waals surface area contributed by atoms with Crippen LogP contribution in [0.1, 0.15) is 53.4 Å². The van der Waals surface area contributed by atoms with Crippen LogP contribution in [0.2, 0.25) is 0 Å². The van der Waals surface area contributed by atoms with Gasteiger partial charge in [-0.25, -0.2) is 0 Å². The highest BCUT2D eigenvalue weighted by atomic mass is 16.4. The van der Waals surface area contributed by atoms with Crippen LogP contribution in [-0.2, 0) is 4.79 Å². The van der Waals surface area contributed by atoms with Crippen molar-refractivity contribution in [2.24, 2.45) is 16.7 Å². The van der Waals surface area contributed by atoms with Gasteiger partial charge in [-0.2, -0.15) is 0 Å². The monoisotopic (exact) mass is 198 g/mol. The summed E-state index contributed by atoms with van der Waals surface area (Å²) in [5.74, 6) is -0.0713.